The fourth-order valence-electron chi connectivity index (χ4n) is 3.09. The molecule has 0 aliphatic heterocycles. The Hall–Kier alpha value is -1.84. The van der Waals surface area contributed by atoms with E-state index in [-0.39, 0.29) is 17.7 Å². The highest BCUT2D eigenvalue weighted by atomic mass is 16.2. The summed E-state index contributed by atoms with van der Waals surface area (Å²) in [6.07, 6.45) is 8.81. The SMILES string of the molecule is O=C(CC1CCCCC1)Nc1ccc(NC(=O)C2CC2)cc1. The Bertz CT molecular complexity index is 529. The number of benzene rings is 1. The van der Waals surface area contributed by atoms with Gasteiger partial charge in [0.25, 0.3) is 0 Å². The topological polar surface area (TPSA) is 58.2 Å². The molecule has 0 radical (unpaired) electrons. The smallest absolute Gasteiger partial charge is 0.227 e. The van der Waals surface area contributed by atoms with Crippen molar-refractivity contribution in [2.24, 2.45) is 11.8 Å². The molecule has 4 heteroatoms. The molecule has 0 spiro atoms. The molecule has 0 bridgehead atoms. The molecular weight excluding hydrogens is 276 g/mol. The second-order valence-electron chi connectivity index (χ2n) is 6.60. The highest BCUT2D eigenvalue weighted by molar-refractivity contribution is 5.95. The lowest BCUT2D eigenvalue weighted by Gasteiger charge is -2.20. The standard InChI is InChI=1S/C18H24N2O2/c21-17(12-13-4-2-1-3-5-13)19-15-8-10-16(11-9-15)20-18(22)14-6-7-14/h8-11,13-14H,1-7,12H2,(H,19,21)(H,20,22). The third-order valence-corrected chi connectivity index (χ3v) is 4.58. The molecular formula is C18H24N2O2. The molecule has 1 aromatic carbocycles. The van der Waals surface area contributed by atoms with Crippen LogP contribution in [0.15, 0.2) is 24.3 Å². The Kier molecular flexibility index (Phi) is 4.76. The molecule has 0 heterocycles. The van der Waals surface area contributed by atoms with Crippen LogP contribution in [0.4, 0.5) is 11.4 Å². The number of amides is 2. The molecule has 2 saturated carbocycles. The first-order chi connectivity index (χ1) is 10.7. The monoisotopic (exact) mass is 300 g/mol. The van der Waals surface area contributed by atoms with Crippen molar-refractivity contribution in [3.05, 3.63) is 24.3 Å². The second kappa shape index (κ2) is 6.95. The van der Waals surface area contributed by atoms with Crippen LogP contribution in [0.5, 0.6) is 0 Å². The van der Waals surface area contributed by atoms with Gasteiger partial charge in [0.15, 0.2) is 0 Å². The number of carbonyl (C=O) groups excluding carboxylic acids is 2. The molecule has 2 fully saturated rings. The summed E-state index contributed by atoms with van der Waals surface area (Å²) in [7, 11) is 0. The molecule has 0 aromatic heterocycles. The number of nitrogens with one attached hydrogen (secondary N) is 2. The van der Waals surface area contributed by atoms with Crippen LogP contribution in [-0.2, 0) is 9.59 Å². The van der Waals surface area contributed by atoms with Crippen molar-refractivity contribution in [3.8, 4) is 0 Å². The van der Waals surface area contributed by atoms with E-state index in [1.807, 2.05) is 24.3 Å². The molecule has 0 saturated heterocycles. The first-order valence-electron chi connectivity index (χ1n) is 8.41. The van der Waals surface area contributed by atoms with Crippen molar-refractivity contribution in [2.75, 3.05) is 10.6 Å². The number of hydrogen-bond acceptors (Lipinski definition) is 2. The van der Waals surface area contributed by atoms with E-state index in [0.717, 1.165) is 24.2 Å². The van der Waals surface area contributed by atoms with Crippen LogP contribution in [0.1, 0.15) is 51.4 Å². The Morgan fingerprint density at radius 2 is 1.45 bits per heavy atom. The van der Waals surface area contributed by atoms with E-state index in [1.165, 1.54) is 32.1 Å². The van der Waals surface area contributed by atoms with E-state index >= 15 is 0 Å². The maximum Gasteiger partial charge on any atom is 0.227 e. The minimum atomic E-state index is 0.0988. The van der Waals surface area contributed by atoms with Crippen LogP contribution in [0.25, 0.3) is 0 Å². The van der Waals surface area contributed by atoms with Crippen LogP contribution in [0.2, 0.25) is 0 Å². The molecule has 22 heavy (non-hydrogen) atoms. The quantitative estimate of drug-likeness (QED) is 0.865. The van der Waals surface area contributed by atoms with Gasteiger partial charge in [0.1, 0.15) is 0 Å². The molecule has 2 aliphatic rings. The van der Waals surface area contributed by atoms with E-state index in [2.05, 4.69) is 10.6 Å². The zero-order chi connectivity index (χ0) is 15.4. The van der Waals surface area contributed by atoms with Gasteiger partial charge in [-0.1, -0.05) is 19.3 Å². The highest BCUT2D eigenvalue weighted by Crippen LogP contribution is 2.30. The molecule has 118 valence electrons. The van der Waals surface area contributed by atoms with Crippen molar-refractivity contribution in [1.29, 1.82) is 0 Å². The summed E-state index contributed by atoms with van der Waals surface area (Å²) in [6.45, 7) is 0. The zero-order valence-electron chi connectivity index (χ0n) is 12.9. The Morgan fingerprint density at radius 3 is 2.05 bits per heavy atom. The summed E-state index contributed by atoms with van der Waals surface area (Å²) in [5.74, 6) is 0.955. The molecule has 4 nitrogen and oxygen atoms in total. The average molecular weight is 300 g/mol. The normalized spacial score (nSPS) is 18.7. The minimum absolute atomic E-state index is 0.0988. The summed E-state index contributed by atoms with van der Waals surface area (Å²) in [6, 6.07) is 7.38. The fourth-order valence-corrected chi connectivity index (χ4v) is 3.09. The maximum absolute atomic E-state index is 12.1. The van der Waals surface area contributed by atoms with Crippen LogP contribution in [0, 0.1) is 11.8 Å². The summed E-state index contributed by atoms with van der Waals surface area (Å²) < 4.78 is 0. The lowest BCUT2D eigenvalue weighted by Crippen LogP contribution is -2.18. The van der Waals surface area contributed by atoms with Crippen molar-refractivity contribution < 1.29 is 9.59 Å². The first-order valence-corrected chi connectivity index (χ1v) is 8.41. The fraction of sp³-hybridized carbons (Fsp3) is 0.556. The van der Waals surface area contributed by atoms with Gasteiger partial charge < -0.3 is 10.6 Å². The molecule has 2 aliphatic carbocycles. The Balaban J connectivity index is 1.47. The number of anilines is 2. The largest absolute Gasteiger partial charge is 0.326 e. The van der Waals surface area contributed by atoms with Gasteiger partial charge >= 0.3 is 0 Å². The number of rotatable bonds is 5. The van der Waals surface area contributed by atoms with Gasteiger partial charge in [-0.15, -0.1) is 0 Å². The number of carbonyl (C=O) groups is 2. The van der Waals surface area contributed by atoms with Crippen LogP contribution in [-0.4, -0.2) is 11.8 Å². The first kappa shape index (κ1) is 15.1. The summed E-state index contributed by atoms with van der Waals surface area (Å²) in [5.41, 5.74) is 1.59. The predicted octanol–water partition coefficient (Wildman–Crippen LogP) is 3.94. The van der Waals surface area contributed by atoms with Crippen molar-refractivity contribution in [1.82, 2.24) is 0 Å². The molecule has 1 aromatic rings. The van der Waals surface area contributed by atoms with Crippen LogP contribution in [0.3, 0.4) is 0 Å². The van der Waals surface area contributed by atoms with Crippen molar-refractivity contribution in [2.45, 2.75) is 51.4 Å². The summed E-state index contributed by atoms with van der Waals surface area (Å²) in [4.78, 5) is 23.7. The van der Waals surface area contributed by atoms with E-state index in [1.54, 1.807) is 0 Å². The zero-order valence-corrected chi connectivity index (χ0v) is 12.9. The second-order valence-corrected chi connectivity index (χ2v) is 6.60. The van der Waals surface area contributed by atoms with E-state index < -0.39 is 0 Å². The van der Waals surface area contributed by atoms with Gasteiger partial charge in [0.2, 0.25) is 11.8 Å². The van der Waals surface area contributed by atoms with E-state index in [9.17, 15) is 9.59 Å². The van der Waals surface area contributed by atoms with Crippen molar-refractivity contribution >= 4 is 23.2 Å². The van der Waals surface area contributed by atoms with Crippen molar-refractivity contribution in [3.63, 3.8) is 0 Å². The summed E-state index contributed by atoms with van der Waals surface area (Å²) >= 11 is 0. The van der Waals surface area contributed by atoms with Gasteiger partial charge in [0.05, 0.1) is 0 Å². The number of hydrogen-bond donors (Lipinski definition) is 2. The molecule has 3 rings (SSSR count). The molecule has 2 N–H and O–H groups in total. The van der Waals surface area contributed by atoms with Gasteiger partial charge in [-0.3, -0.25) is 9.59 Å². The van der Waals surface area contributed by atoms with Gasteiger partial charge in [0, 0.05) is 23.7 Å². The predicted molar refractivity (Wildman–Crippen MR) is 87.6 cm³/mol. The van der Waals surface area contributed by atoms with Gasteiger partial charge in [-0.05, 0) is 55.9 Å². The molecule has 2 amide bonds. The van der Waals surface area contributed by atoms with E-state index in [4.69, 9.17) is 0 Å². The minimum Gasteiger partial charge on any atom is -0.326 e. The maximum atomic E-state index is 12.1. The van der Waals surface area contributed by atoms with Crippen LogP contribution >= 0.6 is 0 Å². The third-order valence-electron chi connectivity index (χ3n) is 4.58. The third kappa shape index (κ3) is 4.33. The van der Waals surface area contributed by atoms with Gasteiger partial charge in [-0.25, -0.2) is 0 Å². The average Bonchev–Trinajstić information content (AvgIpc) is 3.35. The Morgan fingerprint density at radius 1 is 0.864 bits per heavy atom. The lowest BCUT2D eigenvalue weighted by atomic mass is 9.87. The highest BCUT2D eigenvalue weighted by Gasteiger charge is 2.29. The van der Waals surface area contributed by atoms with E-state index in [0.29, 0.717) is 12.3 Å². The van der Waals surface area contributed by atoms with Crippen LogP contribution < -0.4 is 10.6 Å². The molecule has 0 unspecified atom stereocenters. The Labute approximate surface area is 131 Å². The molecule has 0 atom stereocenters. The lowest BCUT2D eigenvalue weighted by molar-refractivity contribution is -0.118. The summed E-state index contributed by atoms with van der Waals surface area (Å²) in [5, 5.41) is 5.85. The van der Waals surface area contributed by atoms with Gasteiger partial charge in [-0.2, -0.15) is 0 Å².